The van der Waals surface area contributed by atoms with Crippen LogP contribution in [-0.4, -0.2) is 0 Å². The van der Waals surface area contributed by atoms with E-state index < -0.39 is 0 Å². The number of nitrogens with two attached hydrogens (primary N) is 2. The van der Waals surface area contributed by atoms with Gasteiger partial charge < -0.3 is 11.5 Å². The van der Waals surface area contributed by atoms with Gasteiger partial charge in [-0.15, -0.1) is 0 Å². The smallest absolute Gasteiger partial charge is 0.0413 e. The maximum Gasteiger partial charge on any atom is 0.0413 e. The standard InChI is InChI=1S/2C12H18ClN/c2*1-7(2)10-5-9(13)6-11(8(3)4)12(10)14/h2*5-8H,14H2,1-4H3. The van der Waals surface area contributed by atoms with Gasteiger partial charge in [0.05, 0.1) is 0 Å². The molecule has 2 nitrogen and oxygen atoms in total. The number of hydrogen-bond acceptors (Lipinski definition) is 2. The Morgan fingerprint density at radius 1 is 0.500 bits per heavy atom. The van der Waals surface area contributed by atoms with Gasteiger partial charge in [0, 0.05) is 21.4 Å². The Labute approximate surface area is 181 Å². The molecule has 0 saturated carbocycles. The summed E-state index contributed by atoms with van der Waals surface area (Å²) in [7, 11) is 0. The zero-order valence-corrected chi connectivity index (χ0v) is 20.0. The quantitative estimate of drug-likeness (QED) is 0.486. The van der Waals surface area contributed by atoms with E-state index in [1.165, 1.54) is 0 Å². The Morgan fingerprint density at radius 2 is 0.679 bits per heavy atom. The Kier molecular flexibility index (Phi) is 9.17. The summed E-state index contributed by atoms with van der Waals surface area (Å²) >= 11 is 12.1. The van der Waals surface area contributed by atoms with Crippen LogP contribution < -0.4 is 11.5 Å². The first-order chi connectivity index (χ1) is 12.9. The van der Waals surface area contributed by atoms with Gasteiger partial charge >= 0.3 is 0 Å². The van der Waals surface area contributed by atoms with E-state index in [1.54, 1.807) is 0 Å². The molecule has 0 fully saturated rings. The van der Waals surface area contributed by atoms with Crippen LogP contribution in [0, 0.1) is 0 Å². The molecule has 0 aliphatic heterocycles. The molecule has 0 aliphatic rings. The molecule has 156 valence electrons. The molecular weight excluding hydrogens is 387 g/mol. The van der Waals surface area contributed by atoms with Crippen molar-refractivity contribution >= 4 is 34.6 Å². The first kappa shape index (κ1) is 24.7. The highest BCUT2D eigenvalue weighted by atomic mass is 35.5. The van der Waals surface area contributed by atoms with E-state index in [1.807, 2.05) is 24.3 Å². The number of rotatable bonds is 4. The van der Waals surface area contributed by atoms with Crippen LogP contribution in [0.25, 0.3) is 0 Å². The number of benzene rings is 2. The minimum Gasteiger partial charge on any atom is -0.398 e. The lowest BCUT2D eigenvalue weighted by atomic mass is 9.93. The van der Waals surface area contributed by atoms with Crippen molar-refractivity contribution in [3.05, 3.63) is 56.6 Å². The second-order valence-corrected chi connectivity index (χ2v) is 9.49. The van der Waals surface area contributed by atoms with E-state index in [0.717, 1.165) is 43.7 Å². The molecule has 0 heterocycles. The summed E-state index contributed by atoms with van der Waals surface area (Å²) in [6.45, 7) is 17.0. The van der Waals surface area contributed by atoms with Gasteiger partial charge in [0.25, 0.3) is 0 Å². The van der Waals surface area contributed by atoms with Gasteiger partial charge in [0.2, 0.25) is 0 Å². The molecule has 0 bridgehead atoms. The van der Waals surface area contributed by atoms with E-state index in [2.05, 4.69) is 55.4 Å². The third kappa shape index (κ3) is 6.32. The van der Waals surface area contributed by atoms with Crippen molar-refractivity contribution in [2.24, 2.45) is 0 Å². The largest absolute Gasteiger partial charge is 0.398 e. The Bertz CT molecular complexity index is 668. The summed E-state index contributed by atoms with van der Waals surface area (Å²) < 4.78 is 0. The van der Waals surface area contributed by atoms with Crippen LogP contribution in [0.4, 0.5) is 11.4 Å². The zero-order valence-electron chi connectivity index (χ0n) is 18.5. The maximum absolute atomic E-state index is 6.10. The monoisotopic (exact) mass is 422 g/mol. The maximum atomic E-state index is 6.10. The van der Waals surface area contributed by atoms with E-state index in [0.29, 0.717) is 23.7 Å². The van der Waals surface area contributed by atoms with Crippen LogP contribution in [0.15, 0.2) is 24.3 Å². The molecule has 0 atom stereocenters. The van der Waals surface area contributed by atoms with Crippen molar-refractivity contribution in [1.29, 1.82) is 0 Å². The van der Waals surface area contributed by atoms with E-state index in [-0.39, 0.29) is 0 Å². The molecule has 0 radical (unpaired) electrons. The lowest BCUT2D eigenvalue weighted by Crippen LogP contribution is -2.03. The van der Waals surface area contributed by atoms with Gasteiger partial charge in [-0.2, -0.15) is 0 Å². The van der Waals surface area contributed by atoms with Gasteiger partial charge in [-0.25, -0.2) is 0 Å². The summed E-state index contributed by atoms with van der Waals surface area (Å²) in [5.74, 6) is 1.69. The van der Waals surface area contributed by atoms with Crippen molar-refractivity contribution in [1.82, 2.24) is 0 Å². The van der Waals surface area contributed by atoms with E-state index >= 15 is 0 Å². The first-order valence-corrected chi connectivity index (χ1v) is 10.8. The van der Waals surface area contributed by atoms with Gasteiger partial charge in [0.15, 0.2) is 0 Å². The molecule has 0 saturated heterocycles. The third-order valence-corrected chi connectivity index (χ3v) is 5.34. The van der Waals surface area contributed by atoms with Crippen LogP contribution in [-0.2, 0) is 0 Å². The fourth-order valence-electron chi connectivity index (χ4n) is 3.23. The second kappa shape index (κ2) is 10.4. The Hall–Kier alpha value is -1.38. The summed E-state index contributed by atoms with van der Waals surface area (Å²) in [6.07, 6.45) is 0. The molecule has 2 rings (SSSR count). The molecule has 2 aromatic rings. The van der Waals surface area contributed by atoms with Crippen molar-refractivity contribution in [3.8, 4) is 0 Å². The molecule has 0 spiro atoms. The van der Waals surface area contributed by atoms with Crippen LogP contribution in [0.5, 0.6) is 0 Å². The average molecular weight is 423 g/mol. The summed E-state index contributed by atoms with van der Waals surface area (Å²) in [5, 5.41) is 1.57. The predicted octanol–water partition coefficient (Wildman–Crippen LogP) is 8.34. The van der Waals surface area contributed by atoms with Crippen molar-refractivity contribution in [2.45, 2.75) is 79.1 Å². The highest BCUT2D eigenvalue weighted by molar-refractivity contribution is 6.31. The van der Waals surface area contributed by atoms with Gasteiger partial charge in [0.1, 0.15) is 0 Å². The van der Waals surface area contributed by atoms with Crippen LogP contribution >= 0.6 is 23.2 Å². The number of nitrogen functional groups attached to an aromatic ring is 2. The highest BCUT2D eigenvalue weighted by Crippen LogP contribution is 2.34. The lowest BCUT2D eigenvalue weighted by Gasteiger charge is -2.16. The lowest BCUT2D eigenvalue weighted by molar-refractivity contribution is 0.839. The average Bonchev–Trinajstić information content (AvgIpc) is 2.58. The fourth-order valence-corrected chi connectivity index (χ4v) is 3.70. The Morgan fingerprint density at radius 3 is 0.821 bits per heavy atom. The number of halogens is 2. The summed E-state index contributed by atoms with van der Waals surface area (Å²) in [5.41, 5.74) is 18.6. The van der Waals surface area contributed by atoms with Gasteiger partial charge in [-0.1, -0.05) is 78.6 Å². The highest BCUT2D eigenvalue weighted by Gasteiger charge is 2.13. The molecule has 4 N–H and O–H groups in total. The first-order valence-electron chi connectivity index (χ1n) is 10.0. The normalized spacial score (nSPS) is 11.4. The van der Waals surface area contributed by atoms with Crippen molar-refractivity contribution < 1.29 is 0 Å². The van der Waals surface area contributed by atoms with Crippen LogP contribution in [0.3, 0.4) is 0 Å². The minimum atomic E-state index is 0.422. The molecule has 2 aromatic carbocycles. The molecular formula is C24H36Cl2N2. The predicted molar refractivity (Wildman–Crippen MR) is 128 cm³/mol. The molecule has 0 aliphatic carbocycles. The zero-order chi connectivity index (χ0) is 21.8. The molecule has 4 heteroatoms. The molecule has 0 aromatic heterocycles. The van der Waals surface area contributed by atoms with Crippen LogP contribution in [0.1, 0.15) is 101 Å². The number of anilines is 2. The van der Waals surface area contributed by atoms with Crippen LogP contribution in [0.2, 0.25) is 10.0 Å². The minimum absolute atomic E-state index is 0.422. The second-order valence-electron chi connectivity index (χ2n) is 8.61. The van der Waals surface area contributed by atoms with Gasteiger partial charge in [-0.05, 0) is 70.2 Å². The molecule has 28 heavy (non-hydrogen) atoms. The summed E-state index contributed by atoms with van der Waals surface area (Å²) in [4.78, 5) is 0. The number of hydrogen-bond donors (Lipinski definition) is 2. The summed E-state index contributed by atoms with van der Waals surface area (Å²) in [6, 6.07) is 7.86. The van der Waals surface area contributed by atoms with E-state index in [4.69, 9.17) is 34.7 Å². The topological polar surface area (TPSA) is 52.0 Å². The van der Waals surface area contributed by atoms with Gasteiger partial charge in [-0.3, -0.25) is 0 Å². The SMILES string of the molecule is CC(C)c1cc(Cl)cc(C(C)C)c1N.CC(C)c1cc(Cl)cc(C(C)C)c1N. The fraction of sp³-hybridized carbons (Fsp3) is 0.500. The molecule has 0 unspecified atom stereocenters. The van der Waals surface area contributed by atoms with E-state index in [9.17, 15) is 0 Å². The molecule has 0 amide bonds. The Balaban J connectivity index is 0.000000280. The van der Waals surface area contributed by atoms with Crippen molar-refractivity contribution in [2.75, 3.05) is 11.5 Å². The van der Waals surface area contributed by atoms with Crippen molar-refractivity contribution in [3.63, 3.8) is 0 Å². The third-order valence-electron chi connectivity index (χ3n) is 4.91.